The fourth-order valence-electron chi connectivity index (χ4n) is 2.03. The van der Waals surface area contributed by atoms with Crippen molar-refractivity contribution in [3.05, 3.63) is 29.6 Å². The van der Waals surface area contributed by atoms with Crippen LogP contribution in [0.5, 0.6) is 0 Å². The Bertz CT molecular complexity index is 662. The second-order valence-corrected chi connectivity index (χ2v) is 6.56. The molecule has 0 unspecified atom stereocenters. The van der Waals surface area contributed by atoms with Crippen molar-refractivity contribution in [1.29, 1.82) is 0 Å². The molecule has 2 aromatic rings. The Hall–Kier alpha value is -1.40. The Balaban J connectivity index is 1.98. The van der Waals surface area contributed by atoms with Crippen molar-refractivity contribution in [2.45, 2.75) is 26.7 Å². The van der Waals surface area contributed by atoms with Gasteiger partial charge in [-0.1, -0.05) is 13.0 Å². The van der Waals surface area contributed by atoms with Crippen molar-refractivity contribution in [1.82, 2.24) is 14.7 Å². The van der Waals surface area contributed by atoms with Gasteiger partial charge in [0, 0.05) is 6.54 Å². The lowest BCUT2D eigenvalue weighted by Crippen LogP contribution is -2.28. The Labute approximate surface area is 113 Å². The minimum absolute atomic E-state index is 0.186. The summed E-state index contributed by atoms with van der Waals surface area (Å²) in [5, 5.41) is 0. The van der Waals surface area contributed by atoms with Gasteiger partial charge in [-0.15, -0.1) is 0 Å². The van der Waals surface area contributed by atoms with E-state index in [0.717, 1.165) is 22.4 Å². The molecule has 0 fully saturated rings. The molecule has 104 valence electrons. The van der Waals surface area contributed by atoms with Crippen molar-refractivity contribution in [2.75, 3.05) is 12.3 Å². The van der Waals surface area contributed by atoms with Crippen LogP contribution in [0.3, 0.4) is 0 Å². The number of benzene rings is 1. The van der Waals surface area contributed by atoms with Crippen molar-refractivity contribution in [3.8, 4) is 0 Å². The van der Waals surface area contributed by atoms with Crippen molar-refractivity contribution in [3.63, 3.8) is 0 Å². The van der Waals surface area contributed by atoms with Crippen LogP contribution >= 0.6 is 0 Å². The van der Waals surface area contributed by atoms with Gasteiger partial charge < -0.3 is 4.98 Å². The van der Waals surface area contributed by atoms with Crippen LogP contribution in [-0.4, -0.2) is 30.7 Å². The first-order chi connectivity index (χ1) is 9.00. The Morgan fingerprint density at radius 3 is 2.89 bits per heavy atom. The van der Waals surface area contributed by atoms with Gasteiger partial charge in [0.25, 0.3) is 0 Å². The molecule has 0 radical (unpaired) electrons. The topological polar surface area (TPSA) is 74.8 Å². The maximum atomic E-state index is 11.5. The van der Waals surface area contributed by atoms with E-state index in [4.69, 9.17) is 0 Å². The van der Waals surface area contributed by atoms with E-state index < -0.39 is 10.0 Å². The summed E-state index contributed by atoms with van der Waals surface area (Å²) in [7, 11) is -3.11. The van der Waals surface area contributed by atoms with Crippen LogP contribution in [0.2, 0.25) is 0 Å². The quantitative estimate of drug-likeness (QED) is 0.847. The number of hydrogen-bond donors (Lipinski definition) is 2. The Morgan fingerprint density at radius 2 is 2.16 bits per heavy atom. The highest BCUT2D eigenvalue weighted by Crippen LogP contribution is 2.13. The van der Waals surface area contributed by atoms with E-state index in [1.807, 2.05) is 32.0 Å². The van der Waals surface area contributed by atoms with Gasteiger partial charge in [-0.2, -0.15) is 0 Å². The van der Waals surface area contributed by atoms with Crippen LogP contribution in [0.1, 0.15) is 24.7 Å². The van der Waals surface area contributed by atoms with Gasteiger partial charge in [0.15, 0.2) is 0 Å². The molecule has 0 aliphatic carbocycles. The van der Waals surface area contributed by atoms with E-state index in [2.05, 4.69) is 14.7 Å². The van der Waals surface area contributed by atoms with Crippen molar-refractivity contribution >= 4 is 21.1 Å². The van der Waals surface area contributed by atoms with Gasteiger partial charge in [0.2, 0.25) is 10.0 Å². The van der Waals surface area contributed by atoms with E-state index in [1.165, 1.54) is 0 Å². The zero-order chi connectivity index (χ0) is 13.9. The third kappa shape index (κ3) is 3.78. The molecule has 0 amide bonds. The maximum absolute atomic E-state index is 11.5. The summed E-state index contributed by atoms with van der Waals surface area (Å²) < 4.78 is 25.6. The molecule has 1 aromatic heterocycles. The standard InChI is InChI=1S/C13H19N3O2S/c1-3-8-19(17,18)14-7-6-11-4-5-12-13(9-11)16-10(2)15-12/h4-5,9,14H,3,6-8H2,1-2H3,(H,15,16). The van der Waals surface area contributed by atoms with Gasteiger partial charge in [0.1, 0.15) is 5.82 Å². The first kappa shape index (κ1) is 14.0. The summed E-state index contributed by atoms with van der Waals surface area (Å²) in [6.45, 7) is 4.20. The summed E-state index contributed by atoms with van der Waals surface area (Å²) >= 11 is 0. The van der Waals surface area contributed by atoms with Crippen LogP contribution < -0.4 is 4.72 Å². The summed E-state index contributed by atoms with van der Waals surface area (Å²) in [4.78, 5) is 7.51. The minimum atomic E-state index is -3.11. The first-order valence-corrected chi connectivity index (χ1v) is 8.08. The van der Waals surface area contributed by atoms with Gasteiger partial charge in [-0.05, 0) is 37.5 Å². The molecule has 0 bridgehead atoms. The summed E-state index contributed by atoms with van der Waals surface area (Å²) in [5.41, 5.74) is 3.02. The SMILES string of the molecule is CCCS(=O)(=O)NCCc1ccc2nc(C)[nH]c2c1. The molecule has 0 aliphatic heterocycles. The van der Waals surface area contributed by atoms with E-state index in [9.17, 15) is 8.42 Å². The zero-order valence-electron chi connectivity index (χ0n) is 11.2. The molecule has 1 aromatic carbocycles. The third-order valence-electron chi connectivity index (χ3n) is 2.87. The monoisotopic (exact) mass is 281 g/mol. The predicted octanol–water partition coefficient (Wildman–Crippen LogP) is 1.74. The fraction of sp³-hybridized carbons (Fsp3) is 0.462. The minimum Gasteiger partial charge on any atom is -0.342 e. The number of aromatic amines is 1. The average molecular weight is 281 g/mol. The number of hydrogen-bond acceptors (Lipinski definition) is 3. The van der Waals surface area contributed by atoms with Crippen LogP contribution in [0.25, 0.3) is 11.0 Å². The van der Waals surface area contributed by atoms with Gasteiger partial charge in [-0.3, -0.25) is 0 Å². The van der Waals surface area contributed by atoms with Crippen LogP contribution in [0.15, 0.2) is 18.2 Å². The zero-order valence-corrected chi connectivity index (χ0v) is 12.0. The van der Waals surface area contributed by atoms with Gasteiger partial charge in [-0.25, -0.2) is 18.1 Å². The van der Waals surface area contributed by atoms with E-state index in [0.29, 0.717) is 19.4 Å². The molecule has 5 nitrogen and oxygen atoms in total. The molecule has 19 heavy (non-hydrogen) atoms. The highest BCUT2D eigenvalue weighted by molar-refractivity contribution is 7.89. The number of sulfonamides is 1. The normalized spacial score (nSPS) is 12.1. The molecular formula is C13H19N3O2S. The number of fused-ring (bicyclic) bond motifs is 1. The molecule has 0 aliphatic rings. The van der Waals surface area contributed by atoms with Crippen LogP contribution in [-0.2, 0) is 16.4 Å². The molecule has 0 atom stereocenters. The number of nitrogens with zero attached hydrogens (tertiary/aromatic N) is 1. The summed E-state index contributed by atoms with van der Waals surface area (Å²) in [6, 6.07) is 5.95. The van der Waals surface area contributed by atoms with E-state index >= 15 is 0 Å². The lowest BCUT2D eigenvalue weighted by molar-refractivity contribution is 0.580. The number of H-pyrrole nitrogens is 1. The molecule has 6 heteroatoms. The predicted molar refractivity (Wildman–Crippen MR) is 76.6 cm³/mol. The van der Waals surface area contributed by atoms with E-state index in [-0.39, 0.29) is 5.75 Å². The molecule has 0 saturated carbocycles. The molecule has 0 saturated heterocycles. The van der Waals surface area contributed by atoms with Crippen molar-refractivity contribution < 1.29 is 8.42 Å². The summed E-state index contributed by atoms with van der Waals surface area (Å²) in [5.74, 6) is 1.07. The third-order valence-corrected chi connectivity index (χ3v) is 4.46. The Morgan fingerprint density at radius 1 is 1.37 bits per heavy atom. The fourth-order valence-corrected chi connectivity index (χ4v) is 3.13. The molecule has 2 N–H and O–H groups in total. The Kier molecular flexibility index (Phi) is 4.21. The lowest BCUT2D eigenvalue weighted by atomic mass is 10.1. The average Bonchev–Trinajstić information content (AvgIpc) is 2.68. The number of rotatable bonds is 6. The molecule has 0 spiro atoms. The number of aromatic nitrogens is 2. The van der Waals surface area contributed by atoms with Crippen LogP contribution in [0, 0.1) is 6.92 Å². The maximum Gasteiger partial charge on any atom is 0.211 e. The smallest absolute Gasteiger partial charge is 0.211 e. The largest absolute Gasteiger partial charge is 0.342 e. The molecule has 1 heterocycles. The first-order valence-electron chi connectivity index (χ1n) is 6.43. The van der Waals surface area contributed by atoms with Crippen LogP contribution in [0.4, 0.5) is 0 Å². The second-order valence-electron chi connectivity index (χ2n) is 4.64. The molecular weight excluding hydrogens is 262 g/mol. The highest BCUT2D eigenvalue weighted by Gasteiger charge is 2.07. The van der Waals surface area contributed by atoms with E-state index in [1.54, 1.807) is 0 Å². The van der Waals surface area contributed by atoms with Crippen molar-refractivity contribution in [2.24, 2.45) is 0 Å². The van der Waals surface area contributed by atoms with Gasteiger partial charge >= 0.3 is 0 Å². The second kappa shape index (κ2) is 5.71. The number of nitrogens with one attached hydrogen (secondary N) is 2. The number of aryl methyl sites for hydroxylation is 1. The molecule has 2 rings (SSSR count). The highest BCUT2D eigenvalue weighted by atomic mass is 32.2. The number of imidazole rings is 1. The lowest BCUT2D eigenvalue weighted by Gasteiger charge is -2.05. The van der Waals surface area contributed by atoms with Gasteiger partial charge in [0.05, 0.1) is 16.8 Å². The summed E-state index contributed by atoms with van der Waals surface area (Å²) in [6.07, 6.45) is 1.31.